The van der Waals surface area contributed by atoms with Crippen LogP contribution in [-0.2, 0) is 16.0 Å². The summed E-state index contributed by atoms with van der Waals surface area (Å²) in [7, 11) is 1.60. The van der Waals surface area contributed by atoms with E-state index in [1.54, 1.807) is 20.9 Å². The topological polar surface area (TPSA) is 117 Å². The zero-order valence-corrected chi connectivity index (χ0v) is 22.5. The zero-order chi connectivity index (χ0) is 27.3. The number of carbonyl (C=O) groups is 3. The van der Waals surface area contributed by atoms with Crippen molar-refractivity contribution in [1.29, 1.82) is 0 Å². The lowest BCUT2D eigenvalue weighted by atomic mass is 9.83. The first-order valence-corrected chi connectivity index (χ1v) is 13.4. The number of anilines is 2. The van der Waals surface area contributed by atoms with E-state index >= 15 is 0 Å². The molecule has 0 saturated carbocycles. The van der Waals surface area contributed by atoms with E-state index < -0.39 is 11.6 Å². The highest BCUT2D eigenvalue weighted by molar-refractivity contribution is 6.01. The fourth-order valence-corrected chi connectivity index (χ4v) is 5.34. The van der Waals surface area contributed by atoms with Crippen LogP contribution in [0.25, 0.3) is 0 Å². The van der Waals surface area contributed by atoms with Crippen LogP contribution >= 0.6 is 0 Å². The number of amides is 4. The molecule has 0 bridgehead atoms. The highest BCUT2D eigenvalue weighted by atomic mass is 16.2. The van der Waals surface area contributed by atoms with E-state index in [-0.39, 0.29) is 30.2 Å². The molecule has 0 radical (unpaired) electrons. The first-order valence-electron chi connectivity index (χ1n) is 13.4. The lowest BCUT2D eigenvalue weighted by Gasteiger charge is -2.30. The van der Waals surface area contributed by atoms with Crippen LogP contribution in [0.5, 0.6) is 0 Å². The van der Waals surface area contributed by atoms with Crippen LogP contribution in [-0.4, -0.2) is 43.0 Å². The third kappa shape index (κ3) is 6.81. The Balaban J connectivity index is 1.51. The molecule has 38 heavy (non-hydrogen) atoms. The van der Waals surface area contributed by atoms with E-state index in [1.165, 1.54) is 5.57 Å². The molecule has 2 aromatic rings. The second-order valence-corrected chi connectivity index (χ2v) is 11.0. The molecular weight excluding hydrogens is 478 g/mol. The van der Waals surface area contributed by atoms with Gasteiger partial charge in [-0.25, -0.2) is 4.79 Å². The predicted octanol–water partition coefficient (Wildman–Crippen LogP) is 4.22. The van der Waals surface area contributed by atoms with Crippen LogP contribution < -0.4 is 26.6 Å². The normalized spacial score (nSPS) is 19.6. The van der Waals surface area contributed by atoms with Crippen LogP contribution in [0, 0.1) is 0 Å². The van der Waals surface area contributed by atoms with Gasteiger partial charge in [0.25, 0.3) is 0 Å². The maximum Gasteiger partial charge on any atom is 0.318 e. The lowest BCUT2D eigenvalue weighted by Crippen LogP contribution is -2.50. The Labute approximate surface area is 225 Å². The van der Waals surface area contributed by atoms with Crippen molar-refractivity contribution >= 4 is 29.2 Å². The number of nitrogens with two attached hydrogens (primary N) is 1. The molecule has 8 nitrogen and oxygen atoms in total. The predicted molar refractivity (Wildman–Crippen MR) is 151 cm³/mol. The monoisotopic (exact) mass is 517 g/mol. The molecule has 1 aliphatic carbocycles. The van der Waals surface area contributed by atoms with E-state index in [4.69, 9.17) is 5.73 Å². The van der Waals surface area contributed by atoms with E-state index in [9.17, 15) is 14.4 Å². The third-order valence-corrected chi connectivity index (χ3v) is 7.24. The number of carbonyl (C=O) groups excluding carboxylic acids is 3. The second-order valence-electron chi connectivity index (χ2n) is 11.0. The number of allylic oxidation sites excluding steroid dienone is 1. The van der Waals surface area contributed by atoms with Crippen LogP contribution in [0.3, 0.4) is 0 Å². The molecular formula is C30H39N5O3. The number of aryl methyl sites for hydroxylation is 1. The smallest absolute Gasteiger partial charge is 0.318 e. The number of hydrogen-bond donors (Lipinski definition) is 4. The van der Waals surface area contributed by atoms with Crippen LogP contribution in [0.1, 0.15) is 63.0 Å². The lowest BCUT2D eigenvalue weighted by molar-refractivity contribution is -0.128. The molecule has 202 valence electrons. The van der Waals surface area contributed by atoms with Gasteiger partial charge in [0.1, 0.15) is 6.04 Å². The third-order valence-electron chi connectivity index (χ3n) is 7.24. The van der Waals surface area contributed by atoms with Gasteiger partial charge in [-0.2, -0.15) is 0 Å². The number of benzene rings is 2. The molecule has 2 atom stereocenters. The highest BCUT2D eigenvalue weighted by Crippen LogP contribution is 2.37. The maximum absolute atomic E-state index is 13.8. The molecule has 1 heterocycles. The number of rotatable bonds is 7. The quantitative estimate of drug-likeness (QED) is 0.412. The molecule has 0 spiro atoms. The van der Waals surface area contributed by atoms with Gasteiger partial charge in [-0.1, -0.05) is 48.0 Å². The van der Waals surface area contributed by atoms with Gasteiger partial charge in [0.05, 0.1) is 0 Å². The average molecular weight is 518 g/mol. The van der Waals surface area contributed by atoms with Gasteiger partial charge in [0, 0.05) is 36.9 Å². The summed E-state index contributed by atoms with van der Waals surface area (Å²) in [5, 5.41) is 8.49. The van der Waals surface area contributed by atoms with Gasteiger partial charge in [-0.05, 0) is 75.1 Å². The summed E-state index contributed by atoms with van der Waals surface area (Å²) >= 11 is 0. The van der Waals surface area contributed by atoms with Crippen molar-refractivity contribution in [3.05, 3.63) is 71.3 Å². The van der Waals surface area contributed by atoms with Crippen LogP contribution in [0.4, 0.5) is 16.2 Å². The summed E-state index contributed by atoms with van der Waals surface area (Å²) in [5.74, 6) is -0.00216. The zero-order valence-electron chi connectivity index (χ0n) is 22.5. The molecule has 1 unspecified atom stereocenters. The van der Waals surface area contributed by atoms with E-state index in [2.05, 4.69) is 34.2 Å². The average Bonchev–Trinajstić information content (AvgIpc) is 3.01. The Morgan fingerprint density at radius 2 is 1.79 bits per heavy atom. The number of urea groups is 1. The van der Waals surface area contributed by atoms with Crippen LogP contribution in [0.15, 0.2) is 60.2 Å². The summed E-state index contributed by atoms with van der Waals surface area (Å²) in [5.41, 5.74) is 10.6. The van der Waals surface area contributed by atoms with Gasteiger partial charge in [0.15, 0.2) is 0 Å². The first-order chi connectivity index (χ1) is 18.1. The van der Waals surface area contributed by atoms with Crippen LogP contribution in [0.2, 0.25) is 0 Å². The molecule has 0 aromatic heterocycles. The summed E-state index contributed by atoms with van der Waals surface area (Å²) in [4.78, 5) is 40.1. The Morgan fingerprint density at radius 3 is 2.50 bits per heavy atom. The SMILES string of the molecule is CNC(=O)Nc1ccccc1C1CC=C(CN2C(=O)[C@H](NC(=O)CC(C)(C)N)CCc3ccccc32)CC1. The summed E-state index contributed by atoms with van der Waals surface area (Å²) in [6.45, 7) is 4.11. The summed E-state index contributed by atoms with van der Waals surface area (Å²) in [6, 6.07) is 15.1. The van der Waals surface area contributed by atoms with Gasteiger partial charge in [-0.15, -0.1) is 0 Å². The summed E-state index contributed by atoms with van der Waals surface area (Å²) < 4.78 is 0. The van der Waals surface area contributed by atoms with Crippen molar-refractivity contribution in [2.45, 2.75) is 69.9 Å². The molecule has 4 rings (SSSR count). The Bertz CT molecular complexity index is 1220. The van der Waals surface area contributed by atoms with Crippen molar-refractivity contribution in [3.8, 4) is 0 Å². The van der Waals surface area contributed by atoms with Crippen molar-refractivity contribution in [3.63, 3.8) is 0 Å². The fourth-order valence-electron chi connectivity index (χ4n) is 5.34. The Hall–Kier alpha value is -3.65. The summed E-state index contributed by atoms with van der Waals surface area (Å²) in [6.07, 6.45) is 6.27. The number of hydrogen-bond acceptors (Lipinski definition) is 4. The van der Waals surface area contributed by atoms with Crippen molar-refractivity contribution in [2.75, 3.05) is 23.8 Å². The fraction of sp³-hybridized carbons (Fsp3) is 0.433. The number of fused-ring (bicyclic) bond motifs is 1. The molecule has 8 heteroatoms. The molecule has 2 aromatic carbocycles. The van der Waals surface area contributed by atoms with Gasteiger partial charge in [-0.3, -0.25) is 9.59 Å². The standard InChI is InChI=1S/C30H39N5O3/c1-30(2,31)18-27(36)33-25-17-16-22-8-4-7-11-26(22)35(28(25)37)19-20-12-14-21(15-13-20)23-9-5-6-10-24(23)34-29(38)32-3/h4-12,21,25H,13-19,31H2,1-3H3,(H,33,36)(H2,32,34,38)/t21?,25-/m1/s1. The number of para-hydroxylation sites is 2. The first kappa shape index (κ1) is 27.4. The van der Waals surface area contributed by atoms with E-state index in [1.807, 2.05) is 41.3 Å². The van der Waals surface area contributed by atoms with E-state index in [0.717, 1.165) is 41.8 Å². The van der Waals surface area contributed by atoms with Crippen molar-refractivity contribution in [2.24, 2.45) is 5.73 Å². The van der Waals surface area contributed by atoms with Gasteiger partial charge >= 0.3 is 6.03 Å². The minimum Gasteiger partial charge on any atom is -0.344 e. The number of nitrogens with zero attached hydrogens (tertiary/aromatic N) is 1. The maximum atomic E-state index is 13.8. The highest BCUT2D eigenvalue weighted by Gasteiger charge is 2.33. The van der Waals surface area contributed by atoms with Gasteiger partial charge < -0.3 is 26.6 Å². The van der Waals surface area contributed by atoms with E-state index in [0.29, 0.717) is 19.4 Å². The molecule has 0 saturated heterocycles. The second kappa shape index (κ2) is 11.8. The molecule has 0 fully saturated rings. The largest absolute Gasteiger partial charge is 0.344 e. The number of nitrogens with one attached hydrogen (secondary N) is 3. The molecule has 2 aliphatic rings. The molecule has 4 amide bonds. The minimum atomic E-state index is -0.640. The molecule has 5 N–H and O–H groups in total. The Morgan fingerprint density at radius 1 is 1.05 bits per heavy atom. The van der Waals surface area contributed by atoms with Crippen molar-refractivity contribution in [1.82, 2.24) is 10.6 Å². The van der Waals surface area contributed by atoms with Crippen molar-refractivity contribution < 1.29 is 14.4 Å². The minimum absolute atomic E-state index is 0.0822. The Kier molecular flexibility index (Phi) is 8.52. The molecule has 1 aliphatic heterocycles. The van der Waals surface area contributed by atoms with Gasteiger partial charge in [0.2, 0.25) is 11.8 Å².